The van der Waals surface area contributed by atoms with Crippen LogP contribution in [-0.4, -0.2) is 49.8 Å². The van der Waals surface area contributed by atoms with Crippen molar-refractivity contribution >= 4 is 50.7 Å². The van der Waals surface area contributed by atoms with Crippen molar-refractivity contribution in [1.29, 1.82) is 0 Å². The highest BCUT2D eigenvalue weighted by Gasteiger charge is 2.24. The molecule has 0 aliphatic heterocycles. The lowest BCUT2D eigenvalue weighted by atomic mass is 9.92. The number of carbonyl (C=O) groups is 3. The molecule has 290 valence electrons. The number of nitrogens with two attached hydrogens (primary N) is 2. The third kappa shape index (κ3) is 10.7. The Morgan fingerprint density at radius 1 is 0.737 bits per heavy atom. The number of ketones is 2. The van der Waals surface area contributed by atoms with Crippen LogP contribution in [0.25, 0.3) is 32.7 Å². The molecule has 10 nitrogen and oxygen atoms in total. The summed E-state index contributed by atoms with van der Waals surface area (Å²) in [5.74, 6) is -0.476. The van der Waals surface area contributed by atoms with Crippen LogP contribution in [0.5, 0.6) is 11.5 Å². The van der Waals surface area contributed by atoms with Gasteiger partial charge in [-0.05, 0) is 64.2 Å². The third-order valence-electron chi connectivity index (χ3n) is 9.42. The molecule has 0 aromatic heterocycles. The van der Waals surface area contributed by atoms with Crippen LogP contribution in [0.2, 0.25) is 0 Å². The Bertz CT molecular complexity index is 2390. The second-order valence-corrected chi connectivity index (χ2v) is 13.6. The van der Waals surface area contributed by atoms with Gasteiger partial charge in [0.25, 0.3) is 0 Å². The van der Waals surface area contributed by atoms with Crippen molar-refractivity contribution in [3.05, 3.63) is 151 Å². The monoisotopic (exact) mass is 762 g/mol. The summed E-state index contributed by atoms with van der Waals surface area (Å²) in [4.78, 5) is 44.5. The van der Waals surface area contributed by atoms with Crippen LogP contribution in [0.15, 0.2) is 145 Å². The first-order chi connectivity index (χ1) is 27.8. The molecule has 0 unspecified atom stereocenters. The van der Waals surface area contributed by atoms with E-state index < -0.39 is 5.92 Å². The average molecular weight is 763 g/mol. The van der Waals surface area contributed by atoms with Gasteiger partial charge >= 0.3 is 0 Å². The Kier molecular flexibility index (Phi) is 13.8. The van der Waals surface area contributed by atoms with Crippen LogP contribution in [0, 0.1) is 5.92 Å². The zero-order valence-corrected chi connectivity index (χ0v) is 31.7. The van der Waals surface area contributed by atoms with Crippen LogP contribution < -0.4 is 26.3 Å². The second-order valence-electron chi connectivity index (χ2n) is 13.6. The van der Waals surface area contributed by atoms with Crippen molar-refractivity contribution < 1.29 is 28.6 Å². The summed E-state index contributed by atoms with van der Waals surface area (Å²) < 4.78 is 18.2. The number of nitrogens with one attached hydrogen (secondary N) is 1. The van der Waals surface area contributed by atoms with E-state index in [0.29, 0.717) is 55.4 Å². The third-order valence-corrected chi connectivity index (χ3v) is 9.42. The van der Waals surface area contributed by atoms with Crippen molar-refractivity contribution in [3.8, 4) is 22.6 Å². The van der Waals surface area contributed by atoms with E-state index >= 15 is 0 Å². The summed E-state index contributed by atoms with van der Waals surface area (Å²) in [7, 11) is 0. The van der Waals surface area contributed by atoms with Crippen molar-refractivity contribution in [3.63, 3.8) is 0 Å². The van der Waals surface area contributed by atoms with Gasteiger partial charge in [-0.3, -0.25) is 19.4 Å². The first kappa shape index (κ1) is 39.9. The minimum absolute atomic E-state index is 0.0508. The van der Waals surface area contributed by atoms with E-state index in [1.54, 1.807) is 30.3 Å². The van der Waals surface area contributed by atoms with E-state index in [1.807, 2.05) is 103 Å². The lowest BCUT2D eigenvalue weighted by Gasteiger charge is -2.20. The van der Waals surface area contributed by atoms with Gasteiger partial charge in [-0.15, -0.1) is 0 Å². The molecule has 0 fully saturated rings. The van der Waals surface area contributed by atoms with E-state index in [2.05, 4.69) is 16.9 Å². The van der Waals surface area contributed by atoms with Gasteiger partial charge in [0.2, 0.25) is 5.91 Å². The van der Waals surface area contributed by atoms with Crippen LogP contribution in [-0.2, 0) is 20.9 Å². The van der Waals surface area contributed by atoms with E-state index in [0.717, 1.165) is 38.2 Å². The Labute approximate surface area is 332 Å². The standard InChI is InChI=1S/C47H46N4O6/c1-2-26-56-42-23-21-33-14-6-8-19-39(33)44(42)45-40-20-9-7-15-34(40)22-24-43(45)57-30-38(52)28-36(17-11-25-50-47(48)49)46(54)51-37-18-10-16-35(27-37)41(53)31-55-29-32-12-4-3-5-13-32/h2-10,12-16,18-24,27,36H,1,11,17,25-26,28-31H2,(H,51,54)(H4,48,49,50)/t36-/m0/s1. The average Bonchev–Trinajstić information content (AvgIpc) is 3.23. The van der Waals surface area contributed by atoms with Gasteiger partial charge in [-0.2, -0.15) is 0 Å². The van der Waals surface area contributed by atoms with Crippen LogP contribution >= 0.6 is 0 Å². The summed E-state index contributed by atoms with van der Waals surface area (Å²) in [5.41, 5.74) is 14.5. The predicted molar refractivity (Wildman–Crippen MR) is 227 cm³/mol. The fourth-order valence-electron chi connectivity index (χ4n) is 6.71. The molecule has 0 radical (unpaired) electrons. The molecule has 0 saturated carbocycles. The highest BCUT2D eigenvalue weighted by molar-refractivity contribution is 6.10. The lowest BCUT2D eigenvalue weighted by molar-refractivity contribution is -0.127. The summed E-state index contributed by atoms with van der Waals surface area (Å²) >= 11 is 0. The normalized spacial score (nSPS) is 11.4. The fourth-order valence-corrected chi connectivity index (χ4v) is 6.71. The molecule has 6 aromatic carbocycles. The van der Waals surface area contributed by atoms with Gasteiger partial charge in [-0.25, -0.2) is 0 Å². The molecule has 0 bridgehead atoms. The smallest absolute Gasteiger partial charge is 0.227 e. The molecule has 5 N–H and O–H groups in total. The molecule has 0 heterocycles. The van der Waals surface area contributed by atoms with Gasteiger partial charge in [0.1, 0.15) is 31.3 Å². The number of ether oxygens (including phenoxy) is 3. The maximum atomic E-state index is 13.8. The van der Waals surface area contributed by atoms with Crippen LogP contribution in [0.4, 0.5) is 5.69 Å². The lowest BCUT2D eigenvalue weighted by Crippen LogP contribution is -2.27. The molecule has 1 atom stereocenters. The van der Waals surface area contributed by atoms with Crippen LogP contribution in [0.3, 0.4) is 0 Å². The van der Waals surface area contributed by atoms with Crippen molar-refractivity contribution in [2.75, 3.05) is 31.7 Å². The molecule has 10 heteroatoms. The van der Waals surface area contributed by atoms with Gasteiger partial charge < -0.3 is 31.0 Å². The number of benzene rings is 6. The number of nitrogens with zero attached hydrogens (tertiary/aromatic N) is 1. The number of Topliss-reactive ketones (excluding diaryl/α,β-unsaturated/α-hetero) is 2. The molecule has 0 spiro atoms. The molecular weight excluding hydrogens is 717 g/mol. The summed E-state index contributed by atoms with van der Waals surface area (Å²) in [6.45, 7) is 4.34. The van der Waals surface area contributed by atoms with Crippen molar-refractivity contribution in [2.45, 2.75) is 25.9 Å². The first-order valence-electron chi connectivity index (χ1n) is 18.8. The minimum atomic E-state index is -0.725. The molecule has 0 aliphatic carbocycles. The predicted octanol–water partition coefficient (Wildman–Crippen LogP) is 8.27. The molecule has 1 amide bonds. The van der Waals surface area contributed by atoms with Gasteiger partial charge in [0.05, 0.1) is 6.61 Å². The number of hydrogen-bond acceptors (Lipinski definition) is 7. The Morgan fingerprint density at radius 2 is 1.39 bits per heavy atom. The van der Waals surface area contributed by atoms with E-state index in [4.69, 9.17) is 25.7 Å². The number of amides is 1. The molecule has 0 aliphatic rings. The molecule has 6 rings (SSSR count). The number of aliphatic imine (C=N–C) groups is 1. The fraction of sp³-hybridized carbons (Fsp3) is 0.191. The van der Waals surface area contributed by atoms with Gasteiger partial charge in [0, 0.05) is 41.3 Å². The quantitative estimate of drug-likeness (QED) is 0.0231. The van der Waals surface area contributed by atoms with E-state index in [1.165, 1.54) is 0 Å². The highest BCUT2D eigenvalue weighted by atomic mass is 16.5. The van der Waals surface area contributed by atoms with Crippen molar-refractivity contribution in [1.82, 2.24) is 0 Å². The van der Waals surface area contributed by atoms with Gasteiger partial charge in [0.15, 0.2) is 17.5 Å². The molecule has 6 aromatic rings. The molecular formula is C47H46N4O6. The molecule has 57 heavy (non-hydrogen) atoms. The van der Waals surface area contributed by atoms with Gasteiger partial charge in [-0.1, -0.05) is 116 Å². The zero-order chi connectivity index (χ0) is 40.0. The SMILES string of the molecule is C=CCOc1ccc2ccccc2c1-c1c(OCC(=O)C[C@H](CCCN=C(N)N)C(=O)Nc2cccc(C(=O)COCc3ccccc3)c2)ccc2ccccc12. The Morgan fingerprint density at radius 3 is 2.05 bits per heavy atom. The Balaban J connectivity index is 1.19. The van der Waals surface area contributed by atoms with Crippen LogP contribution in [0.1, 0.15) is 35.2 Å². The molecule has 0 saturated heterocycles. The number of rotatable bonds is 20. The zero-order valence-electron chi connectivity index (χ0n) is 31.7. The van der Waals surface area contributed by atoms with E-state index in [9.17, 15) is 14.4 Å². The number of fused-ring (bicyclic) bond motifs is 2. The van der Waals surface area contributed by atoms with Crippen molar-refractivity contribution in [2.24, 2.45) is 22.4 Å². The topological polar surface area (TPSA) is 155 Å². The first-order valence-corrected chi connectivity index (χ1v) is 18.8. The second kappa shape index (κ2) is 19.7. The van der Waals surface area contributed by atoms with E-state index in [-0.39, 0.29) is 43.1 Å². The number of guanidine groups is 1. The number of hydrogen-bond donors (Lipinski definition) is 3. The summed E-state index contributed by atoms with van der Waals surface area (Å²) in [6, 6.07) is 40.1. The number of anilines is 1. The summed E-state index contributed by atoms with van der Waals surface area (Å²) in [5, 5.41) is 6.83. The maximum absolute atomic E-state index is 13.8. The number of carbonyl (C=O) groups excluding carboxylic acids is 3. The largest absolute Gasteiger partial charge is 0.489 e. The minimum Gasteiger partial charge on any atom is -0.489 e. The highest BCUT2D eigenvalue weighted by Crippen LogP contribution is 2.45. The Hall–Kier alpha value is -6.78. The summed E-state index contributed by atoms with van der Waals surface area (Å²) in [6.07, 6.45) is 2.40. The maximum Gasteiger partial charge on any atom is 0.227 e.